The highest BCUT2D eigenvalue weighted by molar-refractivity contribution is 6.01. The lowest BCUT2D eigenvalue weighted by molar-refractivity contribution is -0.246. The van der Waals surface area contributed by atoms with E-state index < -0.39 is 64.4 Å². The van der Waals surface area contributed by atoms with Gasteiger partial charge < -0.3 is 24.6 Å². The zero-order valence-electron chi connectivity index (χ0n) is 21.8. The van der Waals surface area contributed by atoms with E-state index in [1.54, 1.807) is 26.8 Å². The van der Waals surface area contributed by atoms with Crippen molar-refractivity contribution >= 4 is 17.5 Å². The number of ether oxygens (including phenoxy) is 3. The predicted octanol–water partition coefficient (Wildman–Crippen LogP) is 2.19. The highest BCUT2D eigenvalue weighted by Gasteiger charge is 2.80. The summed E-state index contributed by atoms with van der Waals surface area (Å²) < 4.78 is 35.6. The number of carbonyl (C=O) groups is 3. The van der Waals surface area contributed by atoms with Crippen LogP contribution >= 0.6 is 0 Å². The van der Waals surface area contributed by atoms with E-state index >= 15 is 4.39 Å². The van der Waals surface area contributed by atoms with Crippen LogP contribution in [0.15, 0.2) is 23.8 Å². The number of allylic oxidation sites excluding steroid dienone is 4. The van der Waals surface area contributed by atoms with Gasteiger partial charge in [0.25, 0.3) is 0 Å². The van der Waals surface area contributed by atoms with Gasteiger partial charge in [-0.25, -0.2) is 4.39 Å². The fraction of sp³-hybridized carbons (Fsp3) is 0.750. The number of Topliss-reactive ketones (excluding diaryl/α,β-unsaturated/α-hetero) is 1. The van der Waals surface area contributed by atoms with Gasteiger partial charge in [0.05, 0.1) is 18.1 Å². The van der Waals surface area contributed by atoms with Crippen LogP contribution in [0.2, 0.25) is 0 Å². The van der Waals surface area contributed by atoms with Crippen molar-refractivity contribution in [2.24, 2.45) is 28.6 Å². The van der Waals surface area contributed by atoms with Crippen LogP contribution in [-0.4, -0.2) is 71.6 Å². The van der Waals surface area contributed by atoms with Gasteiger partial charge in [0.2, 0.25) is 5.78 Å². The third-order valence-electron chi connectivity index (χ3n) is 10.5. The Hall–Kier alpha value is -1.94. The number of nitrogens with one attached hydrogen (secondary N) is 1. The first-order valence-corrected chi connectivity index (χ1v) is 13.4. The maximum absolute atomic E-state index is 17.4. The molecule has 0 amide bonds. The molecule has 9 heteroatoms. The summed E-state index contributed by atoms with van der Waals surface area (Å²) in [4.78, 5) is 38.4. The Morgan fingerprint density at radius 2 is 1.95 bits per heavy atom. The number of hydrogen-bond donors (Lipinski definition) is 2. The van der Waals surface area contributed by atoms with E-state index in [0.717, 1.165) is 0 Å². The Bertz CT molecular complexity index is 1130. The van der Waals surface area contributed by atoms with Gasteiger partial charge in [0, 0.05) is 29.8 Å². The first-order valence-electron chi connectivity index (χ1n) is 13.4. The van der Waals surface area contributed by atoms with Crippen molar-refractivity contribution in [2.45, 2.75) is 82.6 Å². The van der Waals surface area contributed by atoms with Crippen LogP contribution in [0, 0.1) is 28.6 Å². The molecule has 2 saturated heterocycles. The molecular weight excluding hydrogens is 481 g/mol. The van der Waals surface area contributed by atoms with Gasteiger partial charge in [-0.2, -0.15) is 0 Å². The van der Waals surface area contributed by atoms with Crippen LogP contribution in [0.25, 0.3) is 0 Å². The zero-order valence-corrected chi connectivity index (χ0v) is 21.8. The van der Waals surface area contributed by atoms with Crippen molar-refractivity contribution in [3.8, 4) is 0 Å². The summed E-state index contributed by atoms with van der Waals surface area (Å²) in [6.45, 7) is 7.74. The molecule has 0 spiro atoms. The third kappa shape index (κ3) is 3.11. The molecule has 37 heavy (non-hydrogen) atoms. The number of halogens is 1. The van der Waals surface area contributed by atoms with Gasteiger partial charge in [-0.1, -0.05) is 18.6 Å². The normalized spacial score (nSPS) is 47.7. The number of alkyl halides is 1. The molecular formula is C28H36FNO7. The fourth-order valence-electron chi connectivity index (χ4n) is 8.63. The molecule has 0 aromatic carbocycles. The summed E-state index contributed by atoms with van der Waals surface area (Å²) in [5.41, 5.74) is -4.85. The Morgan fingerprint density at radius 3 is 2.62 bits per heavy atom. The van der Waals surface area contributed by atoms with E-state index in [-0.39, 0.29) is 24.0 Å². The molecule has 2 heterocycles. The van der Waals surface area contributed by atoms with Crippen LogP contribution < -0.4 is 5.32 Å². The maximum atomic E-state index is 17.4. The second-order valence-corrected chi connectivity index (χ2v) is 12.7. The van der Waals surface area contributed by atoms with Crippen LogP contribution in [0.5, 0.6) is 0 Å². The van der Waals surface area contributed by atoms with Crippen LogP contribution in [0.4, 0.5) is 4.39 Å². The lowest BCUT2D eigenvalue weighted by Gasteiger charge is -2.62. The number of aliphatic hydroxyl groups excluding tert-OH is 1. The molecule has 0 unspecified atom stereocenters. The topological polar surface area (TPSA) is 111 Å². The van der Waals surface area contributed by atoms with Crippen molar-refractivity contribution in [2.75, 3.05) is 19.7 Å². The van der Waals surface area contributed by atoms with E-state index in [9.17, 15) is 19.5 Å². The van der Waals surface area contributed by atoms with Crippen molar-refractivity contribution in [1.29, 1.82) is 0 Å². The summed E-state index contributed by atoms with van der Waals surface area (Å²) >= 11 is 0. The molecule has 3 saturated carbocycles. The Morgan fingerprint density at radius 1 is 1.22 bits per heavy atom. The van der Waals surface area contributed by atoms with Crippen molar-refractivity contribution in [3.05, 3.63) is 23.8 Å². The predicted molar refractivity (Wildman–Crippen MR) is 129 cm³/mol. The molecule has 0 bridgehead atoms. The molecule has 0 aromatic rings. The van der Waals surface area contributed by atoms with Gasteiger partial charge >= 0.3 is 5.97 Å². The fourth-order valence-corrected chi connectivity index (χ4v) is 8.63. The molecule has 202 valence electrons. The maximum Gasteiger partial charge on any atom is 0.311 e. The van der Waals surface area contributed by atoms with E-state index in [4.69, 9.17) is 14.2 Å². The molecule has 2 aliphatic heterocycles. The average Bonchev–Trinajstić information content (AvgIpc) is 3.18. The lowest BCUT2D eigenvalue weighted by atomic mass is 9.44. The quantitative estimate of drug-likeness (QED) is 0.546. The van der Waals surface area contributed by atoms with Gasteiger partial charge in [0.1, 0.15) is 0 Å². The van der Waals surface area contributed by atoms with E-state index in [2.05, 4.69) is 5.32 Å². The van der Waals surface area contributed by atoms with Crippen molar-refractivity contribution < 1.29 is 38.1 Å². The van der Waals surface area contributed by atoms with Gasteiger partial charge in [-0.3, -0.25) is 14.4 Å². The van der Waals surface area contributed by atoms with Crippen LogP contribution in [0.1, 0.15) is 53.4 Å². The second-order valence-electron chi connectivity index (χ2n) is 12.7. The zero-order chi connectivity index (χ0) is 26.6. The standard InChI is InChI=1S/C28H36FNO7/c1-24(2)36-22-10-19-18-6-5-16-9-17(31)7-8-25(16,3)27(18,29)20(32)11-26(19,4)28(22,37-24)21(33)14-35-23(34)15-12-30-13-15/h7-9,15,18-20,22,30,32H,5-6,10-14H2,1-4H3/t18-,19-,20-,22+,25-,26-,27-,28+/m0/s1. The minimum Gasteiger partial charge on any atom is -0.457 e. The van der Waals surface area contributed by atoms with Crippen molar-refractivity contribution in [3.63, 3.8) is 0 Å². The van der Waals surface area contributed by atoms with Crippen molar-refractivity contribution in [1.82, 2.24) is 5.32 Å². The number of esters is 1. The summed E-state index contributed by atoms with van der Waals surface area (Å²) in [7, 11) is 0. The molecule has 0 aromatic heterocycles. The minimum absolute atomic E-state index is 0.0164. The second kappa shape index (κ2) is 7.81. The summed E-state index contributed by atoms with van der Waals surface area (Å²) in [6.07, 6.45) is 3.82. The minimum atomic E-state index is -2.01. The Labute approximate surface area is 216 Å². The summed E-state index contributed by atoms with van der Waals surface area (Å²) in [5.74, 6) is -3.22. The number of ketones is 2. The molecule has 0 radical (unpaired) electrons. The third-order valence-corrected chi connectivity index (χ3v) is 10.5. The van der Waals surface area contributed by atoms with E-state index in [0.29, 0.717) is 37.9 Å². The van der Waals surface area contributed by atoms with Gasteiger partial charge in [-0.05, 0) is 64.5 Å². The SMILES string of the molecule is CC1(C)O[C@@H]2C[C@H]3[C@@H]4CCC5=CC(=O)C=C[C@]5(C)[C@@]4(F)[C@@H](O)C[C@]3(C)[C@]2(C(=O)COC(=O)C2CNC2)O1. The van der Waals surface area contributed by atoms with Crippen LogP contribution in [0.3, 0.4) is 0 Å². The molecule has 2 N–H and O–H groups in total. The van der Waals surface area contributed by atoms with E-state index in [1.807, 2.05) is 6.92 Å². The molecule has 6 rings (SSSR count). The molecule has 8 atom stereocenters. The number of fused-ring (bicyclic) bond motifs is 7. The van der Waals surface area contributed by atoms with Gasteiger partial charge in [0.15, 0.2) is 29.4 Å². The van der Waals surface area contributed by atoms with Gasteiger partial charge in [-0.15, -0.1) is 0 Å². The highest BCUT2D eigenvalue weighted by atomic mass is 19.1. The molecule has 8 nitrogen and oxygen atoms in total. The number of hydrogen-bond acceptors (Lipinski definition) is 8. The molecule has 6 aliphatic rings. The molecule has 4 aliphatic carbocycles. The largest absolute Gasteiger partial charge is 0.457 e. The first kappa shape index (κ1) is 25.3. The van der Waals surface area contributed by atoms with Crippen LogP contribution in [-0.2, 0) is 28.6 Å². The molecule has 5 fully saturated rings. The monoisotopic (exact) mass is 517 g/mol. The Kier molecular flexibility index (Phi) is 5.35. The Balaban J connectivity index is 1.37. The number of rotatable bonds is 4. The van der Waals surface area contributed by atoms with E-state index in [1.165, 1.54) is 12.2 Å². The highest BCUT2D eigenvalue weighted by Crippen LogP contribution is 2.72. The smallest absolute Gasteiger partial charge is 0.311 e. The summed E-state index contributed by atoms with van der Waals surface area (Å²) in [6, 6.07) is 0. The number of carbonyl (C=O) groups excluding carboxylic acids is 3. The lowest BCUT2D eigenvalue weighted by Crippen LogP contribution is -2.70. The average molecular weight is 518 g/mol. The summed E-state index contributed by atoms with van der Waals surface area (Å²) in [5, 5.41) is 14.6. The number of aliphatic hydroxyl groups is 1. The first-order chi connectivity index (χ1) is 17.3.